The molecule has 0 aromatic heterocycles. The van der Waals surface area contributed by atoms with Crippen molar-refractivity contribution in [2.24, 2.45) is 17.4 Å². The maximum atomic E-state index is 12.9. The summed E-state index contributed by atoms with van der Waals surface area (Å²) < 4.78 is 31.0. The summed E-state index contributed by atoms with van der Waals surface area (Å²) in [5, 5.41) is 10.7. The van der Waals surface area contributed by atoms with Crippen LogP contribution in [-0.2, 0) is 10.1 Å². The van der Waals surface area contributed by atoms with Crippen molar-refractivity contribution >= 4 is 39.2 Å². The Bertz CT molecular complexity index is 905. The Kier molecular flexibility index (Phi) is 5.64. The van der Waals surface area contributed by atoms with Gasteiger partial charge in [0.05, 0.1) is 5.70 Å². The van der Waals surface area contributed by atoms with Crippen molar-refractivity contribution < 1.29 is 12.6 Å². The fourth-order valence-corrected chi connectivity index (χ4v) is 4.28. The number of nitrogens with zero attached hydrogens (tertiary/aromatic N) is 1. The molecular weight excluding hydrogens is 401 g/mol. The second kappa shape index (κ2) is 7.26. The van der Waals surface area contributed by atoms with Gasteiger partial charge in [-0.1, -0.05) is 37.0 Å². The molecular formula is C15H19Cl2N5O3S. The smallest absolute Gasteiger partial charge is 0.356 e. The first kappa shape index (κ1) is 20.2. The molecule has 1 aromatic carbocycles. The molecule has 0 unspecified atom stereocenters. The molecule has 0 fully saturated rings. The largest absolute Gasteiger partial charge is 0.393 e. The molecule has 0 aliphatic carbocycles. The predicted octanol–water partition coefficient (Wildman–Crippen LogP) is 2.13. The third-order valence-electron chi connectivity index (χ3n) is 3.52. The maximum Gasteiger partial charge on any atom is 0.356 e. The standard InChI is InChI=1S/C15H19Cl2N5O3S/c1-7(2)12-15(22(3)14(21-12)11(18)13(19)20)26(23,24)25-10-5-8(16)4-9(17)6-10/h4-7,21H,18H2,1-3H3,(H3,19,20). The summed E-state index contributed by atoms with van der Waals surface area (Å²) in [4.78, 5) is 1.29. The molecule has 11 heteroatoms. The highest BCUT2D eigenvalue weighted by atomic mass is 35.5. The molecule has 1 aromatic rings. The number of hydrogen-bond donors (Lipinski definition) is 4. The van der Waals surface area contributed by atoms with Gasteiger partial charge in [0.15, 0.2) is 5.03 Å². The molecule has 0 spiro atoms. The van der Waals surface area contributed by atoms with Crippen molar-refractivity contribution in [2.75, 3.05) is 7.05 Å². The van der Waals surface area contributed by atoms with Crippen LogP contribution in [0.25, 0.3) is 0 Å². The second-order valence-corrected chi connectivity index (χ2v) is 8.21. The van der Waals surface area contributed by atoms with Crippen LogP contribution in [0, 0.1) is 11.3 Å². The Morgan fingerprint density at radius 3 is 2.23 bits per heavy atom. The molecule has 26 heavy (non-hydrogen) atoms. The van der Waals surface area contributed by atoms with Crippen LogP contribution in [-0.4, -0.2) is 26.2 Å². The summed E-state index contributed by atoms with van der Waals surface area (Å²) in [5.41, 5.74) is 11.5. The lowest BCUT2D eigenvalue weighted by Crippen LogP contribution is -2.31. The topological polar surface area (TPSA) is 135 Å². The fourth-order valence-electron chi connectivity index (χ4n) is 2.36. The number of halogens is 2. The lowest BCUT2D eigenvalue weighted by Gasteiger charge is -2.19. The predicted molar refractivity (Wildman–Crippen MR) is 102 cm³/mol. The number of nitrogens with two attached hydrogens (primary N) is 2. The van der Waals surface area contributed by atoms with Crippen LogP contribution >= 0.6 is 23.2 Å². The van der Waals surface area contributed by atoms with Gasteiger partial charge >= 0.3 is 10.1 Å². The van der Waals surface area contributed by atoms with Gasteiger partial charge in [0.2, 0.25) is 0 Å². The number of allylic oxidation sites excluding steroid dienone is 1. The van der Waals surface area contributed by atoms with Crippen LogP contribution in [0.15, 0.2) is 40.4 Å². The van der Waals surface area contributed by atoms with E-state index in [1.807, 2.05) is 0 Å². The number of benzene rings is 1. The SMILES string of the molecule is CC(C)C1=C(S(=O)(=O)Oc2cc(Cl)cc(Cl)c2)N(C)C(=C(N)C(=N)N)N1. The number of hydrogen-bond acceptors (Lipinski definition) is 7. The van der Waals surface area contributed by atoms with Gasteiger partial charge in [-0.3, -0.25) is 5.41 Å². The average molecular weight is 420 g/mol. The molecule has 6 N–H and O–H groups in total. The minimum absolute atomic E-state index is 0.0246. The molecule has 0 amide bonds. The zero-order chi connectivity index (χ0) is 19.8. The third-order valence-corrected chi connectivity index (χ3v) is 5.34. The van der Waals surface area contributed by atoms with Crippen molar-refractivity contribution in [3.8, 4) is 5.75 Å². The lowest BCUT2D eigenvalue weighted by atomic mass is 10.1. The van der Waals surface area contributed by atoms with E-state index in [9.17, 15) is 8.42 Å². The van der Waals surface area contributed by atoms with E-state index in [4.69, 9.17) is 44.3 Å². The summed E-state index contributed by atoms with van der Waals surface area (Å²) in [6, 6.07) is 4.13. The maximum absolute atomic E-state index is 12.9. The Labute approximate surface area is 162 Å². The van der Waals surface area contributed by atoms with Crippen molar-refractivity contribution in [1.82, 2.24) is 10.2 Å². The Morgan fingerprint density at radius 1 is 1.23 bits per heavy atom. The normalized spacial score (nSPS) is 16.8. The quantitative estimate of drug-likeness (QED) is 0.326. The molecule has 1 aliphatic heterocycles. The average Bonchev–Trinajstić information content (AvgIpc) is 2.83. The van der Waals surface area contributed by atoms with Crippen LogP contribution in [0.4, 0.5) is 0 Å². The van der Waals surface area contributed by atoms with E-state index in [2.05, 4.69) is 5.32 Å². The summed E-state index contributed by atoms with van der Waals surface area (Å²) in [6.07, 6.45) is 0. The number of rotatable bonds is 5. The van der Waals surface area contributed by atoms with Crippen molar-refractivity contribution in [3.63, 3.8) is 0 Å². The van der Waals surface area contributed by atoms with Crippen LogP contribution < -0.4 is 21.0 Å². The highest BCUT2D eigenvalue weighted by molar-refractivity contribution is 7.91. The molecule has 1 aliphatic rings. The molecule has 8 nitrogen and oxygen atoms in total. The van der Waals surface area contributed by atoms with Gasteiger partial charge in [-0.2, -0.15) is 8.42 Å². The van der Waals surface area contributed by atoms with Crippen molar-refractivity contribution in [2.45, 2.75) is 13.8 Å². The molecule has 0 saturated carbocycles. The third kappa shape index (κ3) is 4.00. The molecule has 142 valence electrons. The van der Waals surface area contributed by atoms with E-state index in [1.54, 1.807) is 13.8 Å². The minimum Gasteiger partial charge on any atom is -0.393 e. The van der Waals surface area contributed by atoms with E-state index < -0.39 is 10.1 Å². The summed E-state index contributed by atoms with van der Waals surface area (Å²) >= 11 is 11.8. The summed E-state index contributed by atoms with van der Waals surface area (Å²) in [7, 11) is -2.78. The van der Waals surface area contributed by atoms with Gasteiger partial charge in [0.1, 0.15) is 23.1 Å². The first-order valence-corrected chi connectivity index (χ1v) is 9.60. The highest BCUT2D eigenvalue weighted by Crippen LogP contribution is 2.33. The Hall–Kier alpha value is -2.10. The summed E-state index contributed by atoms with van der Waals surface area (Å²) in [5.74, 6) is -0.425. The zero-order valence-corrected chi connectivity index (χ0v) is 16.6. The summed E-state index contributed by atoms with van der Waals surface area (Å²) in [6.45, 7) is 3.60. The molecule has 2 rings (SSSR count). The fraction of sp³-hybridized carbons (Fsp3) is 0.267. The van der Waals surface area contributed by atoms with E-state index >= 15 is 0 Å². The van der Waals surface area contributed by atoms with Crippen molar-refractivity contribution in [3.05, 3.63) is 50.5 Å². The zero-order valence-electron chi connectivity index (χ0n) is 14.3. The van der Waals surface area contributed by atoms with Crippen molar-refractivity contribution in [1.29, 1.82) is 5.41 Å². The van der Waals surface area contributed by atoms with Gasteiger partial charge in [-0.15, -0.1) is 0 Å². The van der Waals surface area contributed by atoms with Crippen LogP contribution in [0.2, 0.25) is 10.0 Å². The van der Waals surface area contributed by atoms with Gasteiger partial charge in [-0.05, 0) is 12.0 Å². The number of amidine groups is 1. The number of nitrogens with one attached hydrogen (secondary N) is 2. The van der Waals surface area contributed by atoms with Crippen LogP contribution in [0.1, 0.15) is 13.8 Å². The van der Waals surface area contributed by atoms with E-state index in [1.165, 1.54) is 30.1 Å². The Morgan fingerprint density at radius 2 is 1.77 bits per heavy atom. The lowest BCUT2D eigenvalue weighted by molar-refractivity contribution is 0.466. The van der Waals surface area contributed by atoms with Gasteiger partial charge in [-0.25, -0.2) is 0 Å². The molecule has 0 radical (unpaired) electrons. The van der Waals surface area contributed by atoms with Crippen LogP contribution in [0.5, 0.6) is 5.75 Å². The van der Waals surface area contributed by atoms with Gasteiger partial charge in [0.25, 0.3) is 0 Å². The van der Waals surface area contributed by atoms with E-state index in [-0.39, 0.29) is 44.1 Å². The van der Waals surface area contributed by atoms with Crippen LogP contribution in [0.3, 0.4) is 0 Å². The Balaban J connectivity index is 2.52. The minimum atomic E-state index is -4.26. The second-order valence-electron chi connectivity index (χ2n) is 5.88. The van der Waals surface area contributed by atoms with E-state index in [0.717, 1.165) is 0 Å². The van der Waals surface area contributed by atoms with Gasteiger partial charge < -0.3 is 25.9 Å². The molecule has 1 heterocycles. The monoisotopic (exact) mass is 419 g/mol. The first-order chi connectivity index (χ1) is 11.9. The first-order valence-electron chi connectivity index (χ1n) is 7.43. The van der Waals surface area contributed by atoms with E-state index in [0.29, 0.717) is 5.70 Å². The molecule has 0 bridgehead atoms. The molecule has 0 saturated heterocycles. The van der Waals surface area contributed by atoms with Gasteiger partial charge in [0, 0.05) is 29.2 Å². The molecule has 0 atom stereocenters. The highest BCUT2D eigenvalue weighted by Gasteiger charge is 2.38.